The zero-order valence-corrected chi connectivity index (χ0v) is 24.0. The maximum absolute atomic E-state index is 11.4. The van der Waals surface area contributed by atoms with E-state index >= 15 is 0 Å². The van der Waals surface area contributed by atoms with Gasteiger partial charge in [-0.1, -0.05) is 20.3 Å². The van der Waals surface area contributed by atoms with E-state index in [4.69, 9.17) is 31.0 Å². The Kier molecular flexibility index (Phi) is 9.76. The highest BCUT2D eigenvalue weighted by molar-refractivity contribution is 6.27. The molecule has 3 N–H and O–H groups in total. The molecular weight excluding hydrogens is 504 g/mol. The molecule has 2 fully saturated rings. The van der Waals surface area contributed by atoms with E-state index in [0.717, 1.165) is 49.1 Å². The van der Waals surface area contributed by atoms with Gasteiger partial charge in [0.15, 0.2) is 11.5 Å². The van der Waals surface area contributed by atoms with Crippen LogP contribution in [0.15, 0.2) is 12.1 Å². The van der Waals surface area contributed by atoms with E-state index in [0.29, 0.717) is 48.0 Å². The van der Waals surface area contributed by atoms with Gasteiger partial charge in [0.25, 0.3) is 0 Å². The largest absolute Gasteiger partial charge is 0.493 e. The monoisotopic (exact) mass is 546 g/mol. The zero-order valence-electron chi connectivity index (χ0n) is 23.2. The SMILES string of the molecule is COc1cc2nc(NCCCNC(=O)CCl)nc(NC3CCN(C4CCCC(C)(C)C4)CC3)c2cc1OC. The highest BCUT2D eigenvalue weighted by Gasteiger charge is 2.33. The number of rotatable bonds is 11. The van der Waals surface area contributed by atoms with Crippen LogP contribution in [0.25, 0.3) is 10.9 Å². The van der Waals surface area contributed by atoms with Crippen molar-refractivity contribution in [3.8, 4) is 11.5 Å². The third-order valence-corrected chi connectivity index (χ3v) is 8.09. The number of nitrogens with zero attached hydrogens (tertiary/aromatic N) is 3. The number of nitrogens with one attached hydrogen (secondary N) is 3. The molecule has 4 rings (SSSR count). The molecular formula is C28H43ClN6O3. The number of piperidine rings is 1. The molecule has 1 aromatic carbocycles. The highest BCUT2D eigenvalue weighted by atomic mass is 35.5. The quantitative estimate of drug-likeness (QED) is 0.277. The molecule has 0 bridgehead atoms. The number of methoxy groups -OCH3 is 2. The summed E-state index contributed by atoms with van der Waals surface area (Å²) in [6, 6.07) is 4.88. The molecule has 1 aliphatic heterocycles. The summed E-state index contributed by atoms with van der Waals surface area (Å²) in [5, 5.41) is 10.7. The van der Waals surface area contributed by atoms with Crippen molar-refractivity contribution in [3.63, 3.8) is 0 Å². The van der Waals surface area contributed by atoms with Crippen LogP contribution in [-0.2, 0) is 4.79 Å². The summed E-state index contributed by atoms with van der Waals surface area (Å²) in [6.45, 7) is 8.21. The van der Waals surface area contributed by atoms with Crippen molar-refractivity contribution in [1.82, 2.24) is 20.2 Å². The number of likely N-dealkylation sites (tertiary alicyclic amines) is 1. The second kappa shape index (κ2) is 13.0. The molecule has 1 saturated carbocycles. The molecule has 1 aromatic heterocycles. The summed E-state index contributed by atoms with van der Waals surface area (Å²) in [5.41, 5.74) is 1.23. The molecule has 1 saturated heterocycles. The van der Waals surface area contributed by atoms with Gasteiger partial charge < -0.3 is 30.3 Å². The van der Waals surface area contributed by atoms with Gasteiger partial charge in [-0.2, -0.15) is 4.98 Å². The first-order valence-electron chi connectivity index (χ1n) is 13.8. The second-order valence-corrected chi connectivity index (χ2v) is 11.5. The van der Waals surface area contributed by atoms with Gasteiger partial charge in [-0.15, -0.1) is 11.6 Å². The minimum Gasteiger partial charge on any atom is -0.493 e. The molecule has 10 heteroatoms. The fourth-order valence-corrected chi connectivity index (χ4v) is 5.88. The number of anilines is 2. The molecule has 2 heterocycles. The Morgan fingerprint density at radius 2 is 1.84 bits per heavy atom. The number of ether oxygens (including phenoxy) is 2. The summed E-state index contributed by atoms with van der Waals surface area (Å²) >= 11 is 5.54. The Morgan fingerprint density at radius 3 is 2.53 bits per heavy atom. The third-order valence-electron chi connectivity index (χ3n) is 7.85. The van der Waals surface area contributed by atoms with Crippen molar-refractivity contribution < 1.29 is 14.3 Å². The summed E-state index contributed by atoms with van der Waals surface area (Å²) in [4.78, 5) is 23.6. The van der Waals surface area contributed by atoms with Gasteiger partial charge in [-0.25, -0.2) is 4.98 Å². The van der Waals surface area contributed by atoms with Crippen LogP contribution in [0.3, 0.4) is 0 Å². The Bertz CT molecular complexity index is 1090. The number of amides is 1. The molecule has 1 unspecified atom stereocenters. The molecule has 2 aromatic rings. The third kappa shape index (κ3) is 7.32. The van der Waals surface area contributed by atoms with Gasteiger partial charge in [0.05, 0.1) is 19.7 Å². The zero-order chi connectivity index (χ0) is 27.1. The van der Waals surface area contributed by atoms with Crippen molar-refractivity contribution >= 4 is 40.2 Å². The number of hydrogen-bond donors (Lipinski definition) is 3. The summed E-state index contributed by atoms with van der Waals surface area (Å²) in [6.07, 6.45) is 8.20. The fourth-order valence-electron chi connectivity index (χ4n) is 5.78. The minimum absolute atomic E-state index is 0.0287. The molecule has 1 atom stereocenters. The van der Waals surface area contributed by atoms with Gasteiger partial charge in [-0.3, -0.25) is 4.79 Å². The van der Waals surface area contributed by atoms with Crippen molar-refractivity contribution in [2.24, 2.45) is 5.41 Å². The average molecular weight is 547 g/mol. The Labute approximate surface area is 231 Å². The van der Waals surface area contributed by atoms with Gasteiger partial charge in [-0.05, 0) is 50.0 Å². The smallest absolute Gasteiger partial charge is 0.234 e. The number of benzene rings is 1. The maximum atomic E-state index is 11.4. The predicted octanol–water partition coefficient (Wildman–Crippen LogP) is 4.65. The molecule has 0 spiro atoms. The molecule has 210 valence electrons. The maximum Gasteiger partial charge on any atom is 0.234 e. The number of alkyl halides is 1. The molecule has 1 amide bonds. The van der Waals surface area contributed by atoms with Crippen LogP contribution in [0.4, 0.5) is 11.8 Å². The number of carbonyl (C=O) groups excluding carboxylic acids is 1. The van der Waals surface area contributed by atoms with E-state index in [-0.39, 0.29) is 11.8 Å². The Balaban J connectivity index is 1.46. The first-order chi connectivity index (χ1) is 18.3. The molecule has 0 radical (unpaired) electrons. The van der Waals surface area contributed by atoms with E-state index in [1.807, 2.05) is 12.1 Å². The lowest BCUT2D eigenvalue weighted by Gasteiger charge is -2.44. The number of fused-ring (bicyclic) bond motifs is 1. The van der Waals surface area contributed by atoms with Crippen LogP contribution < -0.4 is 25.4 Å². The van der Waals surface area contributed by atoms with Crippen molar-refractivity contribution in [2.75, 3.05) is 56.9 Å². The van der Waals surface area contributed by atoms with Crippen molar-refractivity contribution in [3.05, 3.63) is 12.1 Å². The number of halogens is 1. The van der Waals surface area contributed by atoms with Crippen LogP contribution in [0.5, 0.6) is 11.5 Å². The average Bonchev–Trinajstić information content (AvgIpc) is 2.91. The Morgan fingerprint density at radius 1 is 1.11 bits per heavy atom. The topological polar surface area (TPSA) is 101 Å². The molecule has 1 aliphatic carbocycles. The van der Waals surface area contributed by atoms with E-state index < -0.39 is 0 Å². The van der Waals surface area contributed by atoms with E-state index in [2.05, 4.69) is 34.7 Å². The predicted molar refractivity (Wildman–Crippen MR) is 154 cm³/mol. The van der Waals surface area contributed by atoms with Crippen molar-refractivity contribution in [1.29, 1.82) is 0 Å². The lowest BCUT2D eigenvalue weighted by atomic mass is 9.74. The van der Waals surface area contributed by atoms with Crippen LogP contribution >= 0.6 is 11.6 Å². The van der Waals surface area contributed by atoms with Gasteiger partial charge in [0, 0.05) is 49.7 Å². The normalized spacial score (nSPS) is 20.2. The fraction of sp³-hybridized carbons (Fsp3) is 0.679. The standard InChI is InChI=1S/C28H43ClN6O3/c1-28(2)10-5-7-20(17-28)35-13-8-19(9-14-35)32-26-21-15-23(37-3)24(38-4)16-22(21)33-27(34-26)31-12-6-11-30-25(36)18-29/h15-16,19-20H,5-14,17-18H2,1-4H3,(H,30,36)(H2,31,32,33,34). The van der Waals surface area contributed by atoms with Crippen LogP contribution in [0, 0.1) is 5.41 Å². The van der Waals surface area contributed by atoms with Gasteiger partial charge in [0.1, 0.15) is 11.7 Å². The molecule has 38 heavy (non-hydrogen) atoms. The first kappa shape index (κ1) is 28.5. The van der Waals surface area contributed by atoms with E-state index in [1.54, 1.807) is 14.2 Å². The highest BCUT2D eigenvalue weighted by Crippen LogP contribution is 2.39. The summed E-state index contributed by atoms with van der Waals surface area (Å²) in [5.74, 6) is 2.42. The summed E-state index contributed by atoms with van der Waals surface area (Å²) < 4.78 is 11.1. The van der Waals surface area contributed by atoms with E-state index in [9.17, 15) is 4.79 Å². The van der Waals surface area contributed by atoms with Crippen LogP contribution in [-0.4, -0.2) is 79.1 Å². The van der Waals surface area contributed by atoms with Crippen LogP contribution in [0.1, 0.15) is 58.8 Å². The lowest BCUT2D eigenvalue weighted by molar-refractivity contribution is -0.118. The lowest BCUT2D eigenvalue weighted by Crippen LogP contribution is -2.47. The van der Waals surface area contributed by atoms with Gasteiger partial charge in [0.2, 0.25) is 11.9 Å². The summed E-state index contributed by atoms with van der Waals surface area (Å²) in [7, 11) is 3.26. The van der Waals surface area contributed by atoms with E-state index in [1.165, 1.54) is 25.7 Å². The molecule has 2 aliphatic rings. The number of carbonyl (C=O) groups is 1. The number of aromatic nitrogens is 2. The first-order valence-corrected chi connectivity index (χ1v) is 14.4. The minimum atomic E-state index is -0.167. The van der Waals surface area contributed by atoms with Crippen LogP contribution in [0.2, 0.25) is 0 Å². The Hall–Kier alpha value is -2.52. The molecule has 9 nitrogen and oxygen atoms in total. The second-order valence-electron chi connectivity index (χ2n) is 11.3. The van der Waals surface area contributed by atoms with Gasteiger partial charge >= 0.3 is 0 Å². The van der Waals surface area contributed by atoms with Crippen molar-refractivity contribution in [2.45, 2.75) is 70.9 Å². The number of hydrogen-bond acceptors (Lipinski definition) is 8.